The van der Waals surface area contributed by atoms with E-state index in [1.54, 1.807) is 7.11 Å². The topological polar surface area (TPSA) is 29.1 Å². The Morgan fingerprint density at radius 1 is 1.06 bits per heavy atom. The van der Waals surface area contributed by atoms with Gasteiger partial charge in [0.2, 0.25) is 0 Å². The molecule has 0 aliphatic carbocycles. The van der Waals surface area contributed by atoms with E-state index in [9.17, 15) is 5.11 Å². The van der Waals surface area contributed by atoms with E-state index in [0.717, 1.165) is 25.0 Å². The fourth-order valence-corrected chi connectivity index (χ4v) is 1.79. The lowest BCUT2D eigenvalue weighted by molar-refractivity contribution is 0.186. The van der Waals surface area contributed by atoms with Crippen LogP contribution in [-0.2, 0) is 11.5 Å². The third-order valence-corrected chi connectivity index (χ3v) is 2.74. The highest BCUT2D eigenvalue weighted by Crippen LogP contribution is 2.15. The highest BCUT2D eigenvalue weighted by atomic mass is 16.5. The van der Waals surface area contributed by atoms with Gasteiger partial charge in [-0.1, -0.05) is 31.4 Å². The Morgan fingerprint density at radius 2 is 1.81 bits per heavy atom. The van der Waals surface area contributed by atoms with E-state index in [2.05, 4.69) is 12.1 Å². The molecule has 0 saturated carbocycles. The van der Waals surface area contributed by atoms with Gasteiger partial charge in [0.1, 0.15) is 5.75 Å². The van der Waals surface area contributed by atoms with Gasteiger partial charge in [-0.15, -0.1) is 0 Å². The predicted molar refractivity (Wildman–Crippen MR) is 65.3 cm³/mol. The minimum absolute atomic E-state index is 0.0793. The Bertz CT molecular complexity index is 284. The normalized spacial score (nSPS) is 10.4. The van der Waals surface area contributed by atoms with Crippen molar-refractivity contribution in [1.29, 1.82) is 0 Å². The number of benzene rings is 1. The zero-order valence-electron chi connectivity index (χ0n) is 10.1. The van der Waals surface area contributed by atoms with Crippen LogP contribution in [-0.4, -0.2) is 13.7 Å². The maximum absolute atomic E-state index is 10.2. The molecule has 0 heterocycles. The van der Waals surface area contributed by atoms with Crippen LogP contribution >= 0.6 is 0 Å². The van der Waals surface area contributed by atoms with Crippen LogP contribution in [0.15, 0.2) is 24.3 Å². The summed E-state index contributed by atoms with van der Waals surface area (Å²) in [4.78, 5) is 0. The predicted octanol–water partition coefficient (Wildman–Crippen LogP) is 3.62. The van der Waals surface area contributed by atoms with Gasteiger partial charge < -0.3 is 4.74 Å². The summed E-state index contributed by atoms with van der Waals surface area (Å²) in [6, 6.07) is 8.24. The molecule has 2 nitrogen and oxygen atoms in total. The van der Waals surface area contributed by atoms with Crippen molar-refractivity contribution in [3.8, 4) is 5.75 Å². The lowest BCUT2D eigenvalue weighted by Gasteiger charge is -2.04. The summed E-state index contributed by atoms with van der Waals surface area (Å²) in [6.07, 6.45) is 6.63. The fraction of sp³-hybridized carbons (Fsp3) is 0.571. The summed E-state index contributed by atoms with van der Waals surface area (Å²) in [5.41, 5.74) is 1.34. The number of hydrogen-bond donors (Lipinski definition) is 0. The summed E-state index contributed by atoms with van der Waals surface area (Å²) in [5.74, 6) is 0.934. The molecule has 89 valence electrons. The highest BCUT2D eigenvalue weighted by Gasteiger charge is 1.96. The van der Waals surface area contributed by atoms with Gasteiger partial charge in [-0.2, -0.15) is 0 Å². The summed E-state index contributed by atoms with van der Waals surface area (Å²) in [5, 5.41) is 10.2. The van der Waals surface area contributed by atoms with Crippen LogP contribution in [0.2, 0.25) is 0 Å². The van der Waals surface area contributed by atoms with Crippen molar-refractivity contribution in [3.05, 3.63) is 29.8 Å². The standard InChI is InChI=1S/C14H21O2/c1-16-14-10-7-9-13(12-14)8-5-3-2-4-6-11-15/h7,9-10,12H,2-6,8,11H2,1H3. The lowest BCUT2D eigenvalue weighted by Crippen LogP contribution is -1.89. The van der Waals surface area contributed by atoms with Crippen molar-refractivity contribution in [2.75, 3.05) is 13.7 Å². The Balaban J connectivity index is 2.16. The van der Waals surface area contributed by atoms with E-state index < -0.39 is 0 Å². The number of ether oxygens (including phenoxy) is 1. The molecule has 1 aromatic carbocycles. The second-order valence-electron chi connectivity index (χ2n) is 4.07. The molecule has 1 radical (unpaired) electrons. The molecule has 0 atom stereocenters. The van der Waals surface area contributed by atoms with Crippen LogP contribution in [0.1, 0.15) is 37.7 Å². The molecule has 0 N–H and O–H groups in total. The van der Waals surface area contributed by atoms with E-state index in [1.165, 1.54) is 24.8 Å². The van der Waals surface area contributed by atoms with E-state index in [1.807, 2.05) is 12.1 Å². The summed E-state index contributed by atoms with van der Waals surface area (Å²) < 4.78 is 5.18. The first kappa shape index (κ1) is 13.0. The molecule has 0 amide bonds. The van der Waals surface area contributed by atoms with Crippen LogP contribution in [0.4, 0.5) is 0 Å². The summed E-state index contributed by atoms with van der Waals surface area (Å²) >= 11 is 0. The van der Waals surface area contributed by atoms with Crippen molar-refractivity contribution in [3.63, 3.8) is 0 Å². The molecule has 1 rings (SSSR count). The number of unbranched alkanes of at least 4 members (excludes halogenated alkanes) is 4. The Hall–Kier alpha value is -1.02. The molecule has 0 aromatic heterocycles. The van der Waals surface area contributed by atoms with Gasteiger partial charge in [-0.05, 0) is 37.0 Å². The average molecular weight is 221 g/mol. The van der Waals surface area contributed by atoms with Crippen molar-refractivity contribution in [2.24, 2.45) is 0 Å². The molecular formula is C14H21O2. The van der Waals surface area contributed by atoms with Gasteiger partial charge >= 0.3 is 0 Å². The Labute approximate surface area is 98.3 Å². The molecule has 0 bridgehead atoms. The molecular weight excluding hydrogens is 200 g/mol. The number of methoxy groups -OCH3 is 1. The molecule has 0 saturated heterocycles. The molecule has 0 aliphatic heterocycles. The molecule has 0 unspecified atom stereocenters. The van der Waals surface area contributed by atoms with Crippen molar-refractivity contribution < 1.29 is 9.84 Å². The fourth-order valence-electron chi connectivity index (χ4n) is 1.79. The van der Waals surface area contributed by atoms with Gasteiger partial charge in [0.05, 0.1) is 13.7 Å². The van der Waals surface area contributed by atoms with Crippen molar-refractivity contribution in [2.45, 2.75) is 38.5 Å². The second-order valence-corrected chi connectivity index (χ2v) is 4.07. The van der Waals surface area contributed by atoms with E-state index >= 15 is 0 Å². The first-order valence-corrected chi connectivity index (χ1v) is 6.08. The summed E-state index contributed by atoms with van der Waals surface area (Å²) in [6.45, 7) is 0.0793. The molecule has 16 heavy (non-hydrogen) atoms. The van der Waals surface area contributed by atoms with Gasteiger partial charge in [0, 0.05) is 0 Å². The quantitative estimate of drug-likeness (QED) is 0.616. The van der Waals surface area contributed by atoms with E-state index in [-0.39, 0.29) is 6.61 Å². The van der Waals surface area contributed by atoms with Gasteiger partial charge in [-0.25, -0.2) is 5.11 Å². The van der Waals surface area contributed by atoms with Crippen LogP contribution in [0, 0.1) is 0 Å². The molecule has 1 aromatic rings. The third kappa shape index (κ3) is 5.17. The average Bonchev–Trinajstić information content (AvgIpc) is 2.34. The maximum atomic E-state index is 10.2. The van der Waals surface area contributed by atoms with Gasteiger partial charge in [0.25, 0.3) is 0 Å². The van der Waals surface area contributed by atoms with Crippen molar-refractivity contribution in [1.82, 2.24) is 0 Å². The first-order chi connectivity index (χ1) is 7.86. The molecule has 2 heteroatoms. The number of rotatable bonds is 8. The van der Waals surface area contributed by atoms with E-state index in [4.69, 9.17) is 4.74 Å². The van der Waals surface area contributed by atoms with Crippen LogP contribution < -0.4 is 4.74 Å². The second kappa shape index (κ2) is 8.17. The molecule has 0 fully saturated rings. The zero-order valence-corrected chi connectivity index (χ0v) is 10.1. The van der Waals surface area contributed by atoms with Gasteiger partial charge in [-0.3, -0.25) is 0 Å². The first-order valence-electron chi connectivity index (χ1n) is 6.08. The molecule has 0 aliphatic rings. The minimum atomic E-state index is 0.0793. The zero-order chi connectivity index (χ0) is 11.6. The van der Waals surface area contributed by atoms with E-state index in [0.29, 0.717) is 0 Å². The lowest BCUT2D eigenvalue weighted by atomic mass is 10.1. The van der Waals surface area contributed by atoms with Crippen LogP contribution in [0.3, 0.4) is 0 Å². The number of hydrogen-bond acceptors (Lipinski definition) is 1. The van der Waals surface area contributed by atoms with Gasteiger partial charge in [0.15, 0.2) is 0 Å². The van der Waals surface area contributed by atoms with Crippen LogP contribution in [0.25, 0.3) is 0 Å². The Morgan fingerprint density at radius 3 is 2.56 bits per heavy atom. The number of aryl methyl sites for hydroxylation is 1. The largest absolute Gasteiger partial charge is 0.497 e. The minimum Gasteiger partial charge on any atom is -0.497 e. The van der Waals surface area contributed by atoms with Crippen LogP contribution in [0.5, 0.6) is 5.75 Å². The monoisotopic (exact) mass is 221 g/mol. The highest BCUT2D eigenvalue weighted by molar-refractivity contribution is 5.28. The summed E-state index contributed by atoms with van der Waals surface area (Å²) in [7, 11) is 1.70. The Kier molecular flexibility index (Phi) is 6.66. The third-order valence-electron chi connectivity index (χ3n) is 2.74. The SMILES string of the molecule is COc1cccc(CCCCCCC[O])c1. The van der Waals surface area contributed by atoms with Crippen molar-refractivity contribution >= 4 is 0 Å². The smallest absolute Gasteiger partial charge is 0.119 e. The molecule has 0 spiro atoms. The maximum Gasteiger partial charge on any atom is 0.119 e.